The molecule has 0 aliphatic heterocycles. The zero-order valence-corrected chi connectivity index (χ0v) is 15.3. The molecule has 4 nitrogen and oxygen atoms in total. The first-order valence-electron chi connectivity index (χ1n) is 9.10. The molecule has 0 aliphatic carbocycles. The van der Waals surface area contributed by atoms with E-state index in [1.165, 1.54) is 0 Å². The number of imidazole rings is 1. The van der Waals surface area contributed by atoms with Gasteiger partial charge in [0.15, 0.2) is 0 Å². The second kappa shape index (κ2) is 8.24. The molecular formula is C24H19N3O. The predicted molar refractivity (Wildman–Crippen MR) is 111 cm³/mol. The molecule has 0 amide bonds. The van der Waals surface area contributed by atoms with Gasteiger partial charge in [-0.2, -0.15) is 5.26 Å². The van der Waals surface area contributed by atoms with Gasteiger partial charge in [-0.3, -0.25) is 0 Å². The van der Waals surface area contributed by atoms with E-state index in [9.17, 15) is 5.26 Å². The third-order valence-electron chi connectivity index (χ3n) is 4.50. The molecule has 0 N–H and O–H groups in total. The van der Waals surface area contributed by atoms with Gasteiger partial charge in [-0.05, 0) is 29.8 Å². The molecular weight excluding hydrogens is 346 g/mol. The molecule has 0 fully saturated rings. The van der Waals surface area contributed by atoms with Crippen LogP contribution in [0.25, 0.3) is 17.1 Å². The summed E-state index contributed by atoms with van der Waals surface area (Å²) in [6, 6.07) is 28.0. The number of nitrogens with zero attached hydrogens (tertiary/aromatic N) is 3. The van der Waals surface area contributed by atoms with Crippen LogP contribution in [-0.4, -0.2) is 9.55 Å². The van der Waals surface area contributed by atoms with E-state index in [1.807, 2.05) is 89.5 Å². The van der Waals surface area contributed by atoms with Crippen molar-refractivity contribution in [2.75, 3.05) is 0 Å². The van der Waals surface area contributed by atoms with Crippen LogP contribution in [0.1, 0.15) is 11.1 Å². The largest absolute Gasteiger partial charge is 0.488 e. The molecule has 4 aromatic rings. The molecule has 1 heterocycles. The normalized spacial score (nSPS) is 11.3. The lowest BCUT2D eigenvalue weighted by Crippen LogP contribution is -2.00. The highest BCUT2D eigenvalue weighted by Crippen LogP contribution is 2.23. The van der Waals surface area contributed by atoms with Crippen LogP contribution < -0.4 is 4.74 Å². The van der Waals surface area contributed by atoms with Crippen molar-refractivity contribution < 1.29 is 4.74 Å². The first kappa shape index (κ1) is 17.6. The number of rotatable bonds is 6. The van der Waals surface area contributed by atoms with Crippen LogP contribution in [0.2, 0.25) is 0 Å². The quantitative estimate of drug-likeness (QED) is 0.440. The Morgan fingerprint density at radius 3 is 2.57 bits per heavy atom. The molecule has 0 radical (unpaired) electrons. The van der Waals surface area contributed by atoms with E-state index in [1.54, 1.807) is 6.33 Å². The van der Waals surface area contributed by atoms with E-state index >= 15 is 0 Å². The van der Waals surface area contributed by atoms with Crippen molar-refractivity contribution >= 4 is 17.1 Å². The number of ether oxygens (including phenoxy) is 1. The molecule has 0 atom stereocenters. The summed E-state index contributed by atoms with van der Waals surface area (Å²) in [6.45, 7) is 0.948. The van der Waals surface area contributed by atoms with Gasteiger partial charge < -0.3 is 9.30 Å². The lowest BCUT2D eigenvalue weighted by Gasteiger charge is -2.10. The van der Waals surface area contributed by atoms with E-state index in [2.05, 4.69) is 11.1 Å². The fourth-order valence-corrected chi connectivity index (χ4v) is 3.09. The van der Waals surface area contributed by atoms with Crippen LogP contribution in [0.4, 0.5) is 0 Å². The summed E-state index contributed by atoms with van der Waals surface area (Å²) < 4.78 is 7.98. The van der Waals surface area contributed by atoms with Gasteiger partial charge in [-0.15, -0.1) is 0 Å². The number of para-hydroxylation sites is 3. The summed E-state index contributed by atoms with van der Waals surface area (Å²) in [7, 11) is 0. The van der Waals surface area contributed by atoms with E-state index in [4.69, 9.17) is 4.74 Å². The minimum atomic E-state index is 0.462. The van der Waals surface area contributed by atoms with Gasteiger partial charge in [0.1, 0.15) is 12.4 Å². The van der Waals surface area contributed by atoms with Crippen LogP contribution in [0.3, 0.4) is 0 Å². The average Bonchev–Trinajstić information content (AvgIpc) is 3.16. The lowest BCUT2D eigenvalue weighted by molar-refractivity contribution is 0.305. The van der Waals surface area contributed by atoms with E-state index in [0.717, 1.165) is 27.9 Å². The highest BCUT2D eigenvalue weighted by atomic mass is 16.5. The van der Waals surface area contributed by atoms with Gasteiger partial charge in [-0.1, -0.05) is 60.7 Å². The molecule has 4 heteroatoms. The highest BCUT2D eigenvalue weighted by Gasteiger charge is 2.07. The number of hydrogen-bond acceptors (Lipinski definition) is 3. The first-order valence-corrected chi connectivity index (χ1v) is 9.10. The summed E-state index contributed by atoms with van der Waals surface area (Å²) in [4.78, 5) is 4.40. The maximum Gasteiger partial charge on any atom is 0.127 e. The van der Waals surface area contributed by atoms with Crippen molar-refractivity contribution in [1.29, 1.82) is 5.26 Å². The minimum absolute atomic E-state index is 0.462. The molecule has 3 aromatic carbocycles. The Hall–Kier alpha value is -3.84. The lowest BCUT2D eigenvalue weighted by atomic mass is 10.1. The van der Waals surface area contributed by atoms with Crippen molar-refractivity contribution in [1.82, 2.24) is 9.55 Å². The molecule has 136 valence electrons. The Morgan fingerprint density at radius 2 is 1.71 bits per heavy atom. The van der Waals surface area contributed by atoms with Crippen LogP contribution in [0.15, 0.2) is 90.8 Å². The zero-order valence-electron chi connectivity index (χ0n) is 15.3. The summed E-state index contributed by atoms with van der Waals surface area (Å²) in [5.41, 5.74) is 4.56. The standard InChI is InChI=1S/C24H19N3O/c25-15-20(16-27-18-26-22-11-5-6-12-23(22)27)14-21-10-4-7-13-24(21)28-17-19-8-2-1-3-9-19/h1-14,18H,16-17H2/b20-14-. The van der Waals surface area contributed by atoms with Crippen molar-refractivity contribution in [3.05, 3.63) is 102 Å². The summed E-state index contributed by atoms with van der Waals surface area (Å²) in [5, 5.41) is 9.66. The molecule has 0 aliphatic rings. The van der Waals surface area contributed by atoms with Crippen molar-refractivity contribution in [3.63, 3.8) is 0 Å². The van der Waals surface area contributed by atoms with Crippen molar-refractivity contribution in [3.8, 4) is 11.8 Å². The molecule has 4 rings (SSSR count). The molecule has 0 saturated heterocycles. The highest BCUT2D eigenvalue weighted by molar-refractivity contribution is 5.75. The molecule has 0 bridgehead atoms. The average molecular weight is 365 g/mol. The summed E-state index contributed by atoms with van der Waals surface area (Å²) in [5.74, 6) is 0.759. The minimum Gasteiger partial charge on any atom is -0.488 e. The fraction of sp³-hybridized carbons (Fsp3) is 0.0833. The van der Waals surface area contributed by atoms with Gasteiger partial charge in [0, 0.05) is 5.56 Å². The predicted octanol–water partition coefficient (Wildman–Crippen LogP) is 5.22. The number of aromatic nitrogens is 2. The number of allylic oxidation sites excluding steroid dienone is 1. The zero-order chi connectivity index (χ0) is 19.2. The number of fused-ring (bicyclic) bond motifs is 1. The van der Waals surface area contributed by atoms with Gasteiger partial charge >= 0.3 is 0 Å². The topological polar surface area (TPSA) is 50.8 Å². The number of hydrogen-bond donors (Lipinski definition) is 0. The van der Waals surface area contributed by atoms with E-state index in [-0.39, 0.29) is 0 Å². The van der Waals surface area contributed by atoms with E-state index < -0.39 is 0 Å². The van der Waals surface area contributed by atoms with Crippen LogP contribution in [0, 0.1) is 11.3 Å². The molecule has 28 heavy (non-hydrogen) atoms. The Kier molecular flexibility index (Phi) is 5.17. The third kappa shape index (κ3) is 3.94. The van der Waals surface area contributed by atoms with Crippen molar-refractivity contribution in [2.45, 2.75) is 13.2 Å². The Bertz CT molecular complexity index is 1150. The van der Waals surface area contributed by atoms with E-state index in [0.29, 0.717) is 18.7 Å². The SMILES string of the molecule is N#C/C(=C/c1ccccc1OCc1ccccc1)Cn1cnc2ccccc21. The second-order valence-electron chi connectivity index (χ2n) is 6.45. The second-order valence-corrected chi connectivity index (χ2v) is 6.45. The fourth-order valence-electron chi connectivity index (χ4n) is 3.09. The van der Waals surface area contributed by atoms with Gasteiger partial charge in [0.2, 0.25) is 0 Å². The number of nitriles is 1. The maximum absolute atomic E-state index is 9.66. The van der Waals surface area contributed by atoms with Crippen LogP contribution in [-0.2, 0) is 13.2 Å². The first-order chi connectivity index (χ1) is 13.8. The molecule has 1 aromatic heterocycles. The Labute approximate surface area is 164 Å². The van der Waals surface area contributed by atoms with Crippen LogP contribution in [0.5, 0.6) is 5.75 Å². The number of benzene rings is 3. The Morgan fingerprint density at radius 1 is 0.964 bits per heavy atom. The monoisotopic (exact) mass is 365 g/mol. The summed E-state index contributed by atoms with van der Waals surface area (Å²) in [6.07, 6.45) is 3.66. The van der Waals surface area contributed by atoms with Gasteiger partial charge in [0.25, 0.3) is 0 Å². The van der Waals surface area contributed by atoms with Crippen LogP contribution >= 0.6 is 0 Å². The Balaban J connectivity index is 1.57. The smallest absolute Gasteiger partial charge is 0.127 e. The third-order valence-corrected chi connectivity index (χ3v) is 4.50. The van der Waals surface area contributed by atoms with Gasteiger partial charge in [0.05, 0.1) is 35.5 Å². The summed E-state index contributed by atoms with van der Waals surface area (Å²) >= 11 is 0. The van der Waals surface area contributed by atoms with Gasteiger partial charge in [-0.25, -0.2) is 4.98 Å². The molecule has 0 spiro atoms. The van der Waals surface area contributed by atoms with Crippen molar-refractivity contribution in [2.24, 2.45) is 0 Å². The molecule has 0 saturated carbocycles. The maximum atomic E-state index is 9.66. The molecule has 0 unspecified atom stereocenters.